The van der Waals surface area contributed by atoms with Crippen LogP contribution in [0.2, 0.25) is 0 Å². The summed E-state index contributed by atoms with van der Waals surface area (Å²) in [5, 5.41) is 10.7. The number of carbonyl (C=O) groups is 5. The minimum atomic E-state index is -1.84. The van der Waals surface area contributed by atoms with Gasteiger partial charge >= 0.3 is 12.1 Å². The Labute approximate surface area is 168 Å². The summed E-state index contributed by atoms with van der Waals surface area (Å²) in [4.78, 5) is 59.5. The van der Waals surface area contributed by atoms with Crippen LogP contribution in [0.15, 0.2) is 34.1 Å². The third kappa shape index (κ3) is 3.97. The number of β-lactam (4-membered cyclic amide) rings is 1. The van der Waals surface area contributed by atoms with Gasteiger partial charge in [-0.3, -0.25) is 19.3 Å². The number of nitrogens with one attached hydrogen (secondary N) is 1. The summed E-state index contributed by atoms with van der Waals surface area (Å²) in [5.41, 5.74) is -0.0701. The van der Waals surface area contributed by atoms with Crippen molar-refractivity contribution >= 4 is 42.2 Å². The summed E-state index contributed by atoms with van der Waals surface area (Å²) in [6.07, 6.45) is -0.404. The molecule has 3 rings (SSSR count). The molecule has 1 aromatic rings. The molecule has 0 spiro atoms. The van der Waals surface area contributed by atoms with Crippen LogP contribution in [-0.2, 0) is 28.7 Å². The smallest absolute Gasteiger partial charge is 0.469 e. The standard InChI is InChI=1S/C17H16N2O9S/c1-8(10-3-2-4-27-10)13(21)18-11-14(22)19-12(16(23)28-17(24)25)9(5-26-7-20)6-29-15(11)19/h2-4,7-8,11,15H,5-6H2,1H3,(H,18,21)(H,24,25)/t8?,11-,15-/m1/s1. The molecule has 2 aliphatic heterocycles. The zero-order valence-corrected chi connectivity index (χ0v) is 15.8. The van der Waals surface area contributed by atoms with Crippen LogP contribution in [0.1, 0.15) is 18.6 Å². The van der Waals surface area contributed by atoms with Gasteiger partial charge in [-0.1, -0.05) is 0 Å². The van der Waals surface area contributed by atoms with Gasteiger partial charge in [-0.25, -0.2) is 9.59 Å². The number of hydrogen-bond donors (Lipinski definition) is 2. The number of esters is 1. The Kier molecular flexibility index (Phi) is 5.92. The summed E-state index contributed by atoms with van der Waals surface area (Å²) in [6, 6.07) is 2.36. The summed E-state index contributed by atoms with van der Waals surface area (Å²) in [7, 11) is 0. The third-order valence-corrected chi connectivity index (χ3v) is 5.75. The predicted octanol–water partition coefficient (Wildman–Crippen LogP) is 0.431. The van der Waals surface area contributed by atoms with Crippen molar-refractivity contribution in [2.75, 3.05) is 12.4 Å². The van der Waals surface area contributed by atoms with Crippen molar-refractivity contribution in [3.8, 4) is 0 Å². The van der Waals surface area contributed by atoms with Gasteiger partial charge in [0.2, 0.25) is 5.91 Å². The summed E-state index contributed by atoms with van der Waals surface area (Å²) in [6.45, 7) is 1.48. The highest BCUT2D eigenvalue weighted by Gasteiger charge is 2.55. The Hall–Kier alpha value is -3.28. The number of furan rings is 1. The van der Waals surface area contributed by atoms with Crippen molar-refractivity contribution in [1.29, 1.82) is 0 Å². The molecule has 3 atom stereocenters. The van der Waals surface area contributed by atoms with Crippen LogP contribution in [0.3, 0.4) is 0 Å². The number of thioether (sulfide) groups is 1. The molecular weight excluding hydrogens is 408 g/mol. The van der Waals surface area contributed by atoms with Crippen LogP contribution in [-0.4, -0.2) is 64.2 Å². The van der Waals surface area contributed by atoms with Gasteiger partial charge in [-0.2, -0.15) is 0 Å². The van der Waals surface area contributed by atoms with Crippen molar-refractivity contribution in [2.45, 2.75) is 24.3 Å². The number of nitrogens with zero attached hydrogens (tertiary/aromatic N) is 1. The van der Waals surface area contributed by atoms with Crippen LogP contribution in [0.4, 0.5) is 4.79 Å². The van der Waals surface area contributed by atoms with E-state index in [4.69, 9.17) is 9.52 Å². The Balaban J connectivity index is 1.77. The number of ether oxygens (including phenoxy) is 2. The molecule has 2 N–H and O–H groups in total. The first-order valence-electron chi connectivity index (χ1n) is 8.36. The summed E-state index contributed by atoms with van der Waals surface area (Å²) in [5.74, 6) is -2.33. The lowest BCUT2D eigenvalue weighted by atomic mass is 10.0. The van der Waals surface area contributed by atoms with Gasteiger partial charge in [0.25, 0.3) is 12.4 Å². The lowest BCUT2D eigenvalue weighted by molar-refractivity contribution is -0.151. The second-order valence-electron chi connectivity index (χ2n) is 6.15. The maximum atomic E-state index is 12.6. The van der Waals surface area contributed by atoms with Crippen LogP contribution >= 0.6 is 11.8 Å². The van der Waals surface area contributed by atoms with Gasteiger partial charge in [0, 0.05) is 11.3 Å². The van der Waals surface area contributed by atoms with Crippen LogP contribution < -0.4 is 5.32 Å². The molecular formula is C17H16N2O9S. The normalized spacial score (nSPS) is 21.6. The number of amides is 2. The van der Waals surface area contributed by atoms with Crippen LogP contribution in [0.25, 0.3) is 0 Å². The summed E-state index contributed by atoms with van der Waals surface area (Å²) >= 11 is 1.23. The number of hydrogen-bond acceptors (Lipinski definition) is 9. The molecule has 2 amide bonds. The van der Waals surface area contributed by atoms with E-state index in [9.17, 15) is 24.0 Å². The highest BCUT2D eigenvalue weighted by Crippen LogP contribution is 2.41. The summed E-state index contributed by atoms with van der Waals surface area (Å²) < 4.78 is 14.0. The van der Waals surface area contributed by atoms with Crippen LogP contribution in [0.5, 0.6) is 0 Å². The Morgan fingerprint density at radius 2 is 2.24 bits per heavy atom. The van der Waals surface area contributed by atoms with E-state index >= 15 is 0 Å². The molecule has 1 aromatic heterocycles. The lowest BCUT2D eigenvalue weighted by Gasteiger charge is -2.49. The van der Waals surface area contributed by atoms with E-state index < -0.39 is 41.3 Å². The van der Waals surface area contributed by atoms with E-state index in [1.165, 1.54) is 18.0 Å². The molecule has 0 radical (unpaired) electrons. The first-order valence-corrected chi connectivity index (χ1v) is 9.40. The molecule has 1 saturated heterocycles. The first kappa shape index (κ1) is 20.5. The van der Waals surface area contributed by atoms with Crippen molar-refractivity contribution in [2.24, 2.45) is 0 Å². The van der Waals surface area contributed by atoms with E-state index in [1.54, 1.807) is 19.1 Å². The Morgan fingerprint density at radius 1 is 1.48 bits per heavy atom. The maximum absolute atomic E-state index is 12.6. The second kappa shape index (κ2) is 8.39. The number of rotatable bonds is 7. The fourth-order valence-corrected chi connectivity index (χ4v) is 4.32. The third-order valence-electron chi connectivity index (χ3n) is 4.41. The fourth-order valence-electron chi connectivity index (χ4n) is 2.99. The minimum Gasteiger partial charge on any atom is -0.469 e. The topological polar surface area (TPSA) is 152 Å². The molecule has 12 heteroatoms. The van der Waals surface area contributed by atoms with E-state index in [1.807, 2.05) is 0 Å². The van der Waals surface area contributed by atoms with Gasteiger partial charge in [0.1, 0.15) is 29.5 Å². The molecule has 0 aromatic carbocycles. The quantitative estimate of drug-likeness (QED) is 0.273. The molecule has 0 saturated carbocycles. The van der Waals surface area contributed by atoms with E-state index in [2.05, 4.69) is 14.8 Å². The molecule has 1 unspecified atom stereocenters. The Bertz CT molecular complexity index is 879. The fraction of sp³-hybridized carbons (Fsp3) is 0.353. The van der Waals surface area contributed by atoms with Gasteiger partial charge in [0.15, 0.2) is 0 Å². The monoisotopic (exact) mass is 424 g/mol. The van der Waals surface area contributed by atoms with Crippen molar-refractivity contribution < 1.29 is 43.0 Å². The van der Waals surface area contributed by atoms with Crippen molar-refractivity contribution in [1.82, 2.24) is 10.2 Å². The zero-order chi connectivity index (χ0) is 21.1. The number of fused-ring (bicyclic) bond motifs is 1. The molecule has 1 fully saturated rings. The first-order chi connectivity index (χ1) is 13.8. The van der Waals surface area contributed by atoms with E-state index in [0.29, 0.717) is 5.76 Å². The van der Waals surface area contributed by atoms with Gasteiger partial charge in [0.05, 0.1) is 12.2 Å². The number of carboxylic acid groups (broad SMARTS) is 1. The Morgan fingerprint density at radius 3 is 2.86 bits per heavy atom. The lowest BCUT2D eigenvalue weighted by Crippen LogP contribution is -2.71. The highest BCUT2D eigenvalue weighted by atomic mass is 32.2. The molecule has 0 aliphatic carbocycles. The number of carbonyl (C=O) groups excluding carboxylic acids is 4. The zero-order valence-electron chi connectivity index (χ0n) is 15.0. The molecule has 29 heavy (non-hydrogen) atoms. The SMILES string of the molecule is CC(C(=O)N[C@@H]1C(=O)N2C(C(=O)OC(=O)O)=C(COC=O)CS[C@H]12)c1ccco1. The molecule has 2 aliphatic rings. The van der Waals surface area contributed by atoms with E-state index in [-0.39, 0.29) is 30.1 Å². The van der Waals surface area contributed by atoms with E-state index in [0.717, 1.165) is 4.90 Å². The van der Waals surface area contributed by atoms with Crippen LogP contribution in [0, 0.1) is 0 Å². The largest absolute Gasteiger partial charge is 0.513 e. The average molecular weight is 424 g/mol. The molecule has 0 bridgehead atoms. The molecule has 11 nitrogen and oxygen atoms in total. The maximum Gasteiger partial charge on any atom is 0.513 e. The predicted molar refractivity (Wildman–Crippen MR) is 95.3 cm³/mol. The van der Waals surface area contributed by atoms with Gasteiger partial charge in [-0.15, -0.1) is 11.8 Å². The van der Waals surface area contributed by atoms with Crippen molar-refractivity contribution in [3.05, 3.63) is 35.4 Å². The van der Waals surface area contributed by atoms with Gasteiger partial charge in [-0.05, 0) is 19.1 Å². The van der Waals surface area contributed by atoms with Crippen molar-refractivity contribution in [3.63, 3.8) is 0 Å². The molecule has 154 valence electrons. The second-order valence-corrected chi connectivity index (χ2v) is 7.25. The van der Waals surface area contributed by atoms with Gasteiger partial charge < -0.3 is 24.3 Å². The molecule has 3 heterocycles. The highest BCUT2D eigenvalue weighted by molar-refractivity contribution is 8.00. The average Bonchev–Trinajstić information content (AvgIpc) is 3.22. The minimum absolute atomic E-state index is 0.168.